The first-order chi connectivity index (χ1) is 9.86. The van der Waals surface area contributed by atoms with Crippen molar-refractivity contribution >= 4 is 10.0 Å². The first-order valence-corrected chi connectivity index (χ1v) is 8.82. The number of hydrogen-bond donors (Lipinski definition) is 2. The number of aromatic nitrogens is 1. The highest BCUT2D eigenvalue weighted by Gasteiger charge is 2.16. The molecule has 0 aliphatic carbocycles. The molecule has 0 spiro atoms. The minimum atomic E-state index is -3.47. The molecule has 0 bridgehead atoms. The average Bonchev–Trinajstić information content (AvgIpc) is 2.77. The molecule has 0 atom stereocenters. The number of sulfonamides is 1. The van der Waals surface area contributed by atoms with Crippen molar-refractivity contribution in [3.8, 4) is 0 Å². The lowest BCUT2D eigenvalue weighted by atomic mass is 10.4. The van der Waals surface area contributed by atoms with Crippen molar-refractivity contribution in [1.29, 1.82) is 0 Å². The van der Waals surface area contributed by atoms with Crippen LogP contribution in [0.3, 0.4) is 0 Å². The van der Waals surface area contributed by atoms with Gasteiger partial charge in [0.25, 0.3) is 0 Å². The van der Waals surface area contributed by atoms with Gasteiger partial charge in [-0.2, -0.15) is 0 Å². The molecule has 1 rings (SSSR count). The first-order valence-electron chi connectivity index (χ1n) is 7.34. The molecule has 0 saturated heterocycles. The Morgan fingerprint density at radius 1 is 1.33 bits per heavy atom. The third kappa shape index (κ3) is 6.17. The molecule has 2 N–H and O–H groups in total. The van der Waals surface area contributed by atoms with Crippen LogP contribution in [0.4, 0.5) is 0 Å². The van der Waals surface area contributed by atoms with Gasteiger partial charge < -0.3 is 14.6 Å². The predicted octanol–water partition coefficient (Wildman–Crippen LogP) is 1.23. The Balaban J connectivity index is 2.60. The van der Waals surface area contributed by atoms with Crippen molar-refractivity contribution in [3.05, 3.63) is 18.0 Å². The Bertz CT molecular complexity index is 524. The summed E-state index contributed by atoms with van der Waals surface area (Å²) < 4.78 is 34.1. The molecule has 1 heterocycles. The van der Waals surface area contributed by atoms with Crippen LogP contribution >= 0.6 is 0 Å². The number of aryl methyl sites for hydroxylation is 1. The zero-order valence-corrected chi connectivity index (χ0v) is 14.2. The van der Waals surface area contributed by atoms with Gasteiger partial charge in [0.2, 0.25) is 10.0 Å². The van der Waals surface area contributed by atoms with Crippen molar-refractivity contribution in [3.63, 3.8) is 0 Å². The number of nitrogens with one attached hydrogen (secondary N) is 2. The molecule has 1 aromatic rings. The third-order valence-electron chi connectivity index (χ3n) is 2.97. The van der Waals surface area contributed by atoms with Gasteiger partial charge in [-0.3, -0.25) is 0 Å². The summed E-state index contributed by atoms with van der Waals surface area (Å²) in [4.78, 5) is 0.294. The summed E-state index contributed by atoms with van der Waals surface area (Å²) in [7, 11) is -1.62. The number of rotatable bonds is 10. The fourth-order valence-electron chi connectivity index (χ4n) is 1.85. The van der Waals surface area contributed by atoms with Crippen LogP contribution in [0.5, 0.6) is 0 Å². The van der Waals surface area contributed by atoms with E-state index in [0.29, 0.717) is 18.0 Å². The van der Waals surface area contributed by atoms with Gasteiger partial charge in [0.1, 0.15) is 0 Å². The Morgan fingerprint density at radius 3 is 2.67 bits per heavy atom. The molecule has 0 aliphatic rings. The Kier molecular flexibility index (Phi) is 7.37. The highest BCUT2D eigenvalue weighted by molar-refractivity contribution is 7.89. The normalized spacial score (nSPS) is 12.2. The van der Waals surface area contributed by atoms with E-state index in [1.807, 2.05) is 25.5 Å². The molecule has 1 aromatic heterocycles. The molecule has 0 amide bonds. The van der Waals surface area contributed by atoms with Crippen LogP contribution in [0.1, 0.15) is 32.9 Å². The number of hydrogen-bond acceptors (Lipinski definition) is 4. The lowest BCUT2D eigenvalue weighted by Crippen LogP contribution is -2.28. The van der Waals surface area contributed by atoms with E-state index in [-0.39, 0.29) is 12.6 Å². The summed E-state index contributed by atoms with van der Waals surface area (Å²) in [6.07, 6.45) is 2.78. The zero-order valence-electron chi connectivity index (χ0n) is 13.3. The molecule has 122 valence electrons. The Morgan fingerprint density at radius 2 is 2.05 bits per heavy atom. The molecule has 0 fully saturated rings. The second-order valence-corrected chi connectivity index (χ2v) is 7.04. The van der Waals surface area contributed by atoms with Gasteiger partial charge in [-0.1, -0.05) is 6.92 Å². The van der Waals surface area contributed by atoms with E-state index in [4.69, 9.17) is 4.74 Å². The van der Waals surface area contributed by atoms with E-state index in [2.05, 4.69) is 17.0 Å². The van der Waals surface area contributed by atoms with Crippen LogP contribution in [0.25, 0.3) is 0 Å². The van der Waals surface area contributed by atoms with Crippen LogP contribution in [0, 0.1) is 0 Å². The van der Waals surface area contributed by atoms with Gasteiger partial charge in [-0.15, -0.1) is 0 Å². The molecular formula is C14H27N3O3S. The maximum atomic E-state index is 12.2. The molecule has 7 heteroatoms. The molecular weight excluding hydrogens is 290 g/mol. The van der Waals surface area contributed by atoms with Crippen molar-refractivity contribution in [2.45, 2.75) is 44.7 Å². The average molecular weight is 317 g/mol. The van der Waals surface area contributed by atoms with Crippen molar-refractivity contribution in [2.24, 2.45) is 7.05 Å². The fraction of sp³-hybridized carbons (Fsp3) is 0.714. The molecule has 21 heavy (non-hydrogen) atoms. The molecule has 0 saturated carbocycles. The van der Waals surface area contributed by atoms with E-state index < -0.39 is 10.0 Å². The van der Waals surface area contributed by atoms with Gasteiger partial charge in [0, 0.05) is 32.0 Å². The summed E-state index contributed by atoms with van der Waals surface area (Å²) in [6, 6.07) is 1.70. The largest absolute Gasteiger partial charge is 0.377 e. The lowest BCUT2D eigenvalue weighted by Gasteiger charge is -2.08. The predicted molar refractivity (Wildman–Crippen MR) is 83.7 cm³/mol. The monoisotopic (exact) mass is 317 g/mol. The molecule has 6 nitrogen and oxygen atoms in total. The van der Waals surface area contributed by atoms with Gasteiger partial charge in [0.15, 0.2) is 0 Å². The van der Waals surface area contributed by atoms with E-state index in [1.165, 1.54) is 0 Å². The van der Waals surface area contributed by atoms with E-state index in [9.17, 15) is 8.42 Å². The molecule has 0 unspecified atom stereocenters. The minimum absolute atomic E-state index is 0.0995. The summed E-state index contributed by atoms with van der Waals surface area (Å²) in [5.41, 5.74) is 0.947. The van der Waals surface area contributed by atoms with Crippen LogP contribution in [0.2, 0.25) is 0 Å². The Labute approximate surface area is 127 Å². The summed E-state index contributed by atoms with van der Waals surface area (Å²) in [6.45, 7) is 8.15. The lowest BCUT2D eigenvalue weighted by molar-refractivity contribution is 0.0834. The summed E-state index contributed by atoms with van der Waals surface area (Å²) >= 11 is 0. The number of ether oxygens (including phenoxy) is 1. The van der Waals surface area contributed by atoms with Gasteiger partial charge in [0.05, 0.1) is 17.6 Å². The van der Waals surface area contributed by atoms with Gasteiger partial charge in [-0.25, -0.2) is 13.1 Å². The van der Waals surface area contributed by atoms with Crippen LogP contribution in [-0.4, -0.2) is 38.8 Å². The maximum absolute atomic E-state index is 12.2. The number of nitrogens with zero attached hydrogens (tertiary/aromatic N) is 1. The van der Waals surface area contributed by atoms with Crippen LogP contribution in [0.15, 0.2) is 17.2 Å². The second kappa shape index (κ2) is 8.53. The van der Waals surface area contributed by atoms with E-state index >= 15 is 0 Å². The maximum Gasteiger partial charge on any atom is 0.242 e. The van der Waals surface area contributed by atoms with E-state index in [1.54, 1.807) is 12.3 Å². The van der Waals surface area contributed by atoms with Crippen molar-refractivity contribution < 1.29 is 13.2 Å². The summed E-state index contributed by atoms with van der Waals surface area (Å²) in [5, 5.41) is 3.27. The molecule has 0 aliphatic heterocycles. The van der Waals surface area contributed by atoms with Gasteiger partial charge >= 0.3 is 0 Å². The standard InChI is InChI=1S/C14H27N3O3S/c1-5-6-15-10-13-9-14(11-17(13)4)21(18,19)16-7-8-20-12(2)3/h9,11-12,15-16H,5-8,10H2,1-4H3. The molecule has 0 radical (unpaired) electrons. The second-order valence-electron chi connectivity index (χ2n) is 5.27. The third-order valence-corrected chi connectivity index (χ3v) is 4.40. The topological polar surface area (TPSA) is 72.4 Å². The minimum Gasteiger partial charge on any atom is -0.377 e. The quantitative estimate of drug-likeness (QED) is 0.637. The smallest absolute Gasteiger partial charge is 0.242 e. The fourth-order valence-corrected chi connectivity index (χ4v) is 2.95. The van der Waals surface area contributed by atoms with Gasteiger partial charge in [-0.05, 0) is 32.9 Å². The molecule has 0 aromatic carbocycles. The first kappa shape index (κ1) is 18.2. The summed E-state index contributed by atoms with van der Waals surface area (Å²) in [5.74, 6) is 0. The highest BCUT2D eigenvalue weighted by atomic mass is 32.2. The van der Waals surface area contributed by atoms with E-state index in [0.717, 1.165) is 18.7 Å². The van der Waals surface area contributed by atoms with Crippen LogP contribution in [-0.2, 0) is 28.4 Å². The van der Waals surface area contributed by atoms with Crippen molar-refractivity contribution in [2.75, 3.05) is 19.7 Å². The highest BCUT2D eigenvalue weighted by Crippen LogP contribution is 2.13. The zero-order chi connectivity index (χ0) is 15.9. The van der Waals surface area contributed by atoms with Crippen LogP contribution < -0.4 is 10.0 Å². The Hall–Kier alpha value is -0.890. The van der Waals surface area contributed by atoms with Crippen molar-refractivity contribution in [1.82, 2.24) is 14.6 Å². The SMILES string of the molecule is CCCNCc1cc(S(=O)(=O)NCCOC(C)C)cn1C.